The van der Waals surface area contributed by atoms with Crippen LogP contribution in [-0.2, 0) is 24.3 Å². The Labute approximate surface area is 169 Å². The summed E-state index contributed by atoms with van der Waals surface area (Å²) < 4.78 is 43.7. The molecule has 1 aromatic rings. The Hall–Kier alpha value is -1.64. The van der Waals surface area contributed by atoms with E-state index in [1.165, 1.54) is 4.31 Å². The van der Waals surface area contributed by atoms with Crippen LogP contribution in [0.5, 0.6) is 5.75 Å². The lowest BCUT2D eigenvalue weighted by atomic mass is 10.1. The second-order valence-corrected chi connectivity index (χ2v) is 9.77. The molecule has 0 saturated heterocycles. The highest BCUT2D eigenvalue weighted by molar-refractivity contribution is 7.89. The molecule has 0 amide bonds. The monoisotopic (exact) mass is 415 g/mol. The van der Waals surface area contributed by atoms with Crippen molar-refractivity contribution in [2.45, 2.75) is 65.0 Å². The summed E-state index contributed by atoms with van der Waals surface area (Å²) in [4.78, 5) is 12.0. The van der Waals surface area contributed by atoms with E-state index in [4.69, 9.17) is 14.2 Å². The van der Waals surface area contributed by atoms with Crippen molar-refractivity contribution in [1.82, 2.24) is 4.31 Å². The van der Waals surface area contributed by atoms with Crippen molar-refractivity contribution >= 4 is 16.0 Å². The third-order valence-electron chi connectivity index (χ3n) is 3.91. The molecule has 0 spiro atoms. The fraction of sp³-hybridized carbons (Fsp3) is 0.650. The molecule has 0 aliphatic rings. The van der Waals surface area contributed by atoms with Gasteiger partial charge in [-0.05, 0) is 71.7 Å². The second-order valence-electron chi connectivity index (χ2n) is 7.94. The van der Waals surface area contributed by atoms with Crippen LogP contribution in [0.2, 0.25) is 0 Å². The molecule has 0 saturated carbocycles. The molecule has 0 atom stereocenters. The van der Waals surface area contributed by atoms with Gasteiger partial charge < -0.3 is 14.2 Å². The number of benzene rings is 1. The highest BCUT2D eigenvalue weighted by atomic mass is 32.2. The number of ether oxygens (including phenoxy) is 3. The standard InChI is InChI=1S/C20H33NO6S/c1-14(2)21(9-10-26-13-18(22)27-20(5,6)7)28(23,24)19-15(3)11-17(25-8)12-16(19)4/h11-12,14H,9-10,13H2,1-8H3. The predicted octanol–water partition coefficient (Wildman–Crippen LogP) is 3.07. The van der Waals surface area contributed by atoms with Gasteiger partial charge in [0.05, 0.1) is 18.6 Å². The van der Waals surface area contributed by atoms with Gasteiger partial charge in [-0.2, -0.15) is 4.31 Å². The lowest BCUT2D eigenvalue weighted by Crippen LogP contribution is -2.40. The maximum absolute atomic E-state index is 13.3. The number of hydrogen-bond donors (Lipinski definition) is 0. The number of sulfonamides is 1. The molecular formula is C20H33NO6S. The van der Waals surface area contributed by atoms with Gasteiger partial charge in [-0.3, -0.25) is 0 Å². The van der Waals surface area contributed by atoms with Crippen molar-refractivity contribution in [3.05, 3.63) is 23.3 Å². The summed E-state index contributed by atoms with van der Waals surface area (Å²) in [6.07, 6.45) is 0. The Morgan fingerprint density at radius 1 is 1.14 bits per heavy atom. The van der Waals surface area contributed by atoms with Crippen LogP contribution in [0.25, 0.3) is 0 Å². The van der Waals surface area contributed by atoms with Gasteiger partial charge in [0.2, 0.25) is 10.0 Å². The summed E-state index contributed by atoms with van der Waals surface area (Å²) in [5, 5.41) is 0. The molecule has 0 fully saturated rings. The molecule has 8 heteroatoms. The first-order valence-electron chi connectivity index (χ1n) is 9.26. The van der Waals surface area contributed by atoms with Crippen molar-refractivity contribution < 1.29 is 27.4 Å². The van der Waals surface area contributed by atoms with Gasteiger partial charge in [-0.1, -0.05) is 0 Å². The third kappa shape index (κ3) is 6.76. The van der Waals surface area contributed by atoms with E-state index in [1.807, 2.05) is 0 Å². The Kier molecular flexibility index (Phi) is 8.46. The van der Waals surface area contributed by atoms with Crippen molar-refractivity contribution in [2.24, 2.45) is 0 Å². The van der Waals surface area contributed by atoms with Crippen molar-refractivity contribution in [1.29, 1.82) is 0 Å². The summed E-state index contributed by atoms with van der Waals surface area (Å²) in [6.45, 7) is 12.4. The average molecular weight is 416 g/mol. The fourth-order valence-corrected chi connectivity index (χ4v) is 4.93. The van der Waals surface area contributed by atoms with Crippen LogP contribution in [0.4, 0.5) is 0 Å². The minimum atomic E-state index is -3.73. The molecule has 0 aromatic heterocycles. The van der Waals surface area contributed by atoms with Gasteiger partial charge >= 0.3 is 5.97 Å². The van der Waals surface area contributed by atoms with E-state index in [0.29, 0.717) is 16.9 Å². The minimum absolute atomic E-state index is 0.0882. The van der Waals surface area contributed by atoms with Crippen molar-refractivity contribution in [3.8, 4) is 5.75 Å². The van der Waals surface area contributed by atoms with Crippen molar-refractivity contribution in [2.75, 3.05) is 26.9 Å². The van der Waals surface area contributed by atoms with Gasteiger partial charge in [0, 0.05) is 12.6 Å². The largest absolute Gasteiger partial charge is 0.497 e. The normalized spacial score (nSPS) is 12.5. The molecule has 160 valence electrons. The third-order valence-corrected chi connectivity index (χ3v) is 6.29. The molecule has 0 aliphatic carbocycles. The Balaban J connectivity index is 2.90. The molecular weight excluding hydrogens is 382 g/mol. The summed E-state index contributed by atoms with van der Waals surface area (Å²) in [5.41, 5.74) is 0.659. The molecule has 0 unspecified atom stereocenters. The van der Waals surface area contributed by atoms with Gasteiger partial charge in [0.1, 0.15) is 18.0 Å². The zero-order valence-corrected chi connectivity index (χ0v) is 19.0. The SMILES string of the molecule is COc1cc(C)c(S(=O)(=O)N(CCOCC(=O)OC(C)(C)C)C(C)C)c(C)c1. The Morgan fingerprint density at radius 3 is 2.11 bits per heavy atom. The molecule has 1 aromatic carbocycles. The molecule has 0 heterocycles. The van der Waals surface area contributed by atoms with Crippen LogP contribution in [0.3, 0.4) is 0 Å². The first-order chi connectivity index (χ1) is 12.8. The number of methoxy groups -OCH3 is 1. The number of hydrogen-bond acceptors (Lipinski definition) is 6. The number of carbonyl (C=O) groups is 1. The van der Waals surface area contributed by atoms with E-state index in [2.05, 4.69) is 0 Å². The van der Waals surface area contributed by atoms with Gasteiger partial charge in [0.15, 0.2) is 0 Å². The van der Waals surface area contributed by atoms with Crippen molar-refractivity contribution in [3.63, 3.8) is 0 Å². The molecule has 1 rings (SSSR count). The summed E-state index contributed by atoms with van der Waals surface area (Å²) in [6, 6.07) is 3.14. The topological polar surface area (TPSA) is 82.1 Å². The molecule has 28 heavy (non-hydrogen) atoms. The van der Waals surface area contributed by atoms with E-state index in [9.17, 15) is 13.2 Å². The highest BCUT2D eigenvalue weighted by Gasteiger charge is 2.30. The van der Waals surface area contributed by atoms with Crippen LogP contribution in [-0.4, -0.2) is 57.2 Å². The smallest absolute Gasteiger partial charge is 0.332 e. The van der Waals surface area contributed by atoms with E-state index in [1.54, 1.807) is 67.7 Å². The number of nitrogens with zero attached hydrogens (tertiary/aromatic N) is 1. The zero-order valence-electron chi connectivity index (χ0n) is 18.2. The minimum Gasteiger partial charge on any atom is -0.497 e. The van der Waals surface area contributed by atoms with E-state index in [-0.39, 0.29) is 30.7 Å². The number of esters is 1. The van der Waals surface area contributed by atoms with Crippen LogP contribution in [0, 0.1) is 13.8 Å². The van der Waals surface area contributed by atoms with Crippen LogP contribution in [0.15, 0.2) is 17.0 Å². The van der Waals surface area contributed by atoms with Gasteiger partial charge in [-0.25, -0.2) is 13.2 Å². The van der Waals surface area contributed by atoms with E-state index in [0.717, 1.165) is 0 Å². The summed E-state index contributed by atoms with van der Waals surface area (Å²) >= 11 is 0. The average Bonchev–Trinajstić information content (AvgIpc) is 2.51. The fourth-order valence-electron chi connectivity index (χ4n) is 2.89. The maximum Gasteiger partial charge on any atom is 0.332 e. The maximum atomic E-state index is 13.3. The summed E-state index contributed by atoms with van der Waals surface area (Å²) in [7, 11) is -2.19. The summed E-state index contributed by atoms with van der Waals surface area (Å²) in [5.74, 6) is 0.138. The number of aryl methyl sites for hydroxylation is 2. The van der Waals surface area contributed by atoms with E-state index < -0.39 is 21.6 Å². The van der Waals surface area contributed by atoms with Gasteiger partial charge in [0.25, 0.3) is 0 Å². The zero-order chi connectivity index (χ0) is 21.7. The molecule has 0 N–H and O–H groups in total. The Morgan fingerprint density at radius 2 is 1.68 bits per heavy atom. The highest BCUT2D eigenvalue weighted by Crippen LogP contribution is 2.29. The quantitative estimate of drug-likeness (QED) is 0.455. The van der Waals surface area contributed by atoms with Crippen LogP contribution < -0.4 is 4.74 Å². The lowest BCUT2D eigenvalue weighted by Gasteiger charge is -2.27. The first kappa shape index (κ1) is 24.4. The van der Waals surface area contributed by atoms with E-state index >= 15 is 0 Å². The predicted molar refractivity (Wildman–Crippen MR) is 108 cm³/mol. The Bertz CT molecular complexity index is 757. The first-order valence-corrected chi connectivity index (χ1v) is 10.7. The van der Waals surface area contributed by atoms with Gasteiger partial charge in [-0.15, -0.1) is 0 Å². The second kappa shape index (κ2) is 9.71. The molecule has 0 radical (unpaired) electrons. The number of rotatable bonds is 9. The lowest BCUT2D eigenvalue weighted by molar-refractivity contribution is -0.160. The molecule has 7 nitrogen and oxygen atoms in total. The molecule has 0 bridgehead atoms. The molecule has 0 aliphatic heterocycles. The van der Waals surface area contributed by atoms with Crippen LogP contribution >= 0.6 is 0 Å². The van der Waals surface area contributed by atoms with Crippen LogP contribution in [0.1, 0.15) is 45.7 Å². The number of carbonyl (C=O) groups excluding carboxylic acids is 1.